The van der Waals surface area contributed by atoms with E-state index in [-0.39, 0.29) is 11.7 Å². The number of nitrogens with zero attached hydrogens (tertiary/aromatic N) is 2. The highest BCUT2D eigenvalue weighted by molar-refractivity contribution is 6.30. The lowest BCUT2D eigenvalue weighted by Gasteiger charge is -2.25. The summed E-state index contributed by atoms with van der Waals surface area (Å²) in [6.45, 7) is 0. The minimum atomic E-state index is -0.420. The van der Waals surface area contributed by atoms with Crippen LogP contribution in [0.15, 0.2) is 36.5 Å². The van der Waals surface area contributed by atoms with Crippen molar-refractivity contribution in [1.29, 1.82) is 0 Å². The summed E-state index contributed by atoms with van der Waals surface area (Å²) in [4.78, 5) is 15.2. The van der Waals surface area contributed by atoms with Gasteiger partial charge in [-0.25, -0.2) is 0 Å². The SMILES string of the molecule is O=[N+]([O-])c1cc(Cl)ccc1NC1CCCc2cccnc21. The molecule has 2 aromatic rings. The number of anilines is 1. The first-order valence-corrected chi connectivity index (χ1v) is 7.17. The van der Waals surface area contributed by atoms with Gasteiger partial charge in [-0.2, -0.15) is 0 Å². The Bertz CT molecular complexity index is 690. The molecule has 3 rings (SSSR count). The number of aromatic nitrogens is 1. The van der Waals surface area contributed by atoms with E-state index in [4.69, 9.17) is 11.6 Å². The van der Waals surface area contributed by atoms with Crippen LogP contribution in [0, 0.1) is 10.1 Å². The molecule has 1 aliphatic rings. The van der Waals surface area contributed by atoms with E-state index in [1.165, 1.54) is 11.6 Å². The van der Waals surface area contributed by atoms with Crippen molar-refractivity contribution in [3.8, 4) is 0 Å². The third kappa shape index (κ3) is 2.83. The van der Waals surface area contributed by atoms with Crippen molar-refractivity contribution in [2.75, 3.05) is 5.32 Å². The summed E-state index contributed by atoms with van der Waals surface area (Å²) in [6.07, 6.45) is 4.71. The van der Waals surface area contributed by atoms with Gasteiger partial charge in [0.15, 0.2) is 0 Å². The van der Waals surface area contributed by atoms with E-state index in [2.05, 4.69) is 16.4 Å². The molecule has 0 saturated heterocycles. The monoisotopic (exact) mass is 303 g/mol. The molecular weight excluding hydrogens is 290 g/mol. The Hall–Kier alpha value is -2.14. The van der Waals surface area contributed by atoms with Crippen LogP contribution in [0.5, 0.6) is 0 Å². The average molecular weight is 304 g/mol. The fourth-order valence-corrected chi connectivity index (χ4v) is 2.88. The molecule has 1 unspecified atom stereocenters. The molecule has 0 fully saturated rings. The van der Waals surface area contributed by atoms with E-state index >= 15 is 0 Å². The third-order valence-electron chi connectivity index (χ3n) is 3.68. The molecule has 1 heterocycles. The summed E-state index contributed by atoms with van der Waals surface area (Å²) in [6, 6.07) is 8.65. The number of nitro benzene ring substituents is 1. The van der Waals surface area contributed by atoms with Gasteiger partial charge in [0.2, 0.25) is 0 Å². The molecule has 1 atom stereocenters. The van der Waals surface area contributed by atoms with Crippen LogP contribution in [0.1, 0.15) is 30.1 Å². The predicted octanol–water partition coefficient (Wildman–Crippen LogP) is 4.13. The van der Waals surface area contributed by atoms with Crippen LogP contribution in [-0.4, -0.2) is 9.91 Å². The highest BCUT2D eigenvalue weighted by atomic mass is 35.5. The lowest BCUT2D eigenvalue weighted by molar-refractivity contribution is -0.384. The van der Waals surface area contributed by atoms with Gasteiger partial charge in [-0.3, -0.25) is 15.1 Å². The number of pyridine rings is 1. The van der Waals surface area contributed by atoms with E-state index in [0.29, 0.717) is 10.7 Å². The van der Waals surface area contributed by atoms with Crippen molar-refractivity contribution in [3.63, 3.8) is 0 Å². The van der Waals surface area contributed by atoms with Crippen molar-refractivity contribution in [1.82, 2.24) is 4.98 Å². The highest BCUT2D eigenvalue weighted by Gasteiger charge is 2.24. The second kappa shape index (κ2) is 5.69. The lowest BCUT2D eigenvalue weighted by Crippen LogP contribution is -2.19. The van der Waals surface area contributed by atoms with E-state index in [9.17, 15) is 10.1 Å². The van der Waals surface area contributed by atoms with Gasteiger partial charge in [0, 0.05) is 17.3 Å². The number of aryl methyl sites for hydroxylation is 1. The van der Waals surface area contributed by atoms with Crippen molar-refractivity contribution >= 4 is 23.0 Å². The smallest absolute Gasteiger partial charge is 0.293 e. The molecule has 6 heteroatoms. The molecule has 5 nitrogen and oxygen atoms in total. The van der Waals surface area contributed by atoms with E-state index in [1.807, 2.05) is 6.07 Å². The maximum atomic E-state index is 11.2. The molecule has 1 aromatic carbocycles. The lowest BCUT2D eigenvalue weighted by atomic mass is 9.91. The quantitative estimate of drug-likeness (QED) is 0.683. The Morgan fingerprint density at radius 2 is 2.24 bits per heavy atom. The summed E-state index contributed by atoms with van der Waals surface area (Å²) in [7, 11) is 0. The Morgan fingerprint density at radius 1 is 1.38 bits per heavy atom. The first-order chi connectivity index (χ1) is 10.1. The fraction of sp³-hybridized carbons (Fsp3) is 0.267. The molecule has 0 amide bonds. The van der Waals surface area contributed by atoms with Crippen LogP contribution in [-0.2, 0) is 6.42 Å². The van der Waals surface area contributed by atoms with Crippen LogP contribution in [0.3, 0.4) is 0 Å². The van der Waals surface area contributed by atoms with Gasteiger partial charge in [-0.15, -0.1) is 0 Å². The predicted molar refractivity (Wildman–Crippen MR) is 81.6 cm³/mol. The molecule has 1 N–H and O–H groups in total. The van der Waals surface area contributed by atoms with Crippen LogP contribution < -0.4 is 5.32 Å². The molecule has 1 aromatic heterocycles. The van der Waals surface area contributed by atoms with Gasteiger partial charge in [-0.05, 0) is 43.0 Å². The molecule has 108 valence electrons. The maximum Gasteiger partial charge on any atom is 0.293 e. The Labute approximate surface area is 127 Å². The standard InChI is InChI=1S/C15H14ClN3O2/c16-11-6-7-12(14(9-11)19(20)21)18-13-5-1-3-10-4-2-8-17-15(10)13/h2,4,6-9,13,18H,1,3,5H2. The summed E-state index contributed by atoms with van der Waals surface area (Å²) >= 11 is 5.84. The summed E-state index contributed by atoms with van der Waals surface area (Å²) in [5.74, 6) is 0. The summed E-state index contributed by atoms with van der Waals surface area (Å²) in [5.41, 5.74) is 2.66. The number of halogens is 1. The van der Waals surface area contributed by atoms with Gasteiger partial charge in [-0.1, -0.05) is 17.7 Å². The Balaban J connectivity index is 1.93. The molecule has 0 radical (unpaired) electrons. The number of nitro groups is 1. The molecule has 21 heavy (non-hydrogen) atoms. The fourth-order valence-electron chi connectivity index (χ4n) is 2.72. The number of benzene rings is 1. The van der Waals surface area contributed by atoms with E-state index < -0.39 is 4.92 Å². The van der Waals surface area contributed by atoms with Crippen molar-refractivity contribution in [3.05, 3.63) is 62.9 Å². The Morgan fingerprint density at radius 3 is 3.05 bits per heavy atom. The van der Waals surface area contributed by atoms with Crippen LogP contribution in [0.4, 0.5) is 11.4 Å². The molecular formula is C15H14ClN3O2. The molecule has 1 aliphatic carbocycles. The number of hydrogen-bond acceptors (Lipinski definition) is 4. The molecule has 0 saturated carbocycles. The van der Waals surface area contributed by atoms with Gasteiger partial charge >= 0.3 is 0 Å². The minimum absolute atomic E-state index is 0.00479. The average Bonchev–Trinajstić information content (AvgIpc) is 2.49. The molecule has 0 spiro atoms. The number of rotatable bonds is 3. The van der Waals surface area contributed by atoms with Gasteiger partial charge in [0.05, 0.1) is 16.7 Å². The van der Waals surface area contributed by atoms with Crippen molar-refractivity contribution < 1.29 is 4.92 Å². The summed E-state index contributed by atoms with van der Waals surface area (Å²) in [5, 5.41) is 14.8. The first-order valence-electron chi connectivity index (χ1n) is 6.79. The van der Waals surface area contributed by atoms with Crippen LogP contribution in [0.25, 0.3) is 0 Å². The first kappa shape index (κ1) is 13.8. The second-order valence-corrected chi connectivity index (χ2v) is 5.49. The number of hydrogen-bond donors (Lipinski definition) is 1. The minimum Gasteiger partial charge on any atom is -0.371 e. The maximum absolute atomic E-state index is 11.2. The van der Waals surface area contributed by atoms with Crippen molar-refractivity contribution in [2.24, 2.45) is 0 Å². The van der Waals surface area contributed by atoms with E-state index in [0.717, 1.165) is 25.0 Å². The molecule has 0 bridgehead atoms. The van der Waals surface area contributed by atoms with Crippen LogP contribution >= 0.6 is 11.6 Å². The topological polar surface area (TPSA) is 68.1 Å². The largest absolute Gasteiger partial charge is 0.371 e. The normalized spacial score (nSPS) is 17.1. The highest BCUT2D eigenvalue weighted by Crippen LogP contribution is 2.35. The van der Waals surface area contributed by atoms with Crippen LogP contribution in [0.2, 0.25) is 5.02 Å². The molecule has 0 aliphatic heterocycles. The van der Waals surface area contributed by atoms with E-state index in [1.54, 1.807) is 18.3 Å². The Kier molecular flexibility index (Phi) is 3.75. The zero-order valence-corrected chi connectivity index (χ0v) is 12.0. The second-order valence-electron chi connectivity index (χ2n) is 5.06. The van der Waals surface area contributed by atoms with Gasteiger partial charge in [0.25, 0.3) is 5.69 Å². The van der Waals surface area contributed by atoms with Gasteiger partial charge in [0.1, 0.15) is 5.69 Å². The number of fused-ring (bicyclic) bond motifs is 1. The third-order valence-corrected chi connectivity index (χ3v) is 3.92. The van der Waals surface area contributed by atoms with Gasteiger partial charge < -0.3 is 5.32 Å². The summed E-state index contributed by atoms with van der Waals surface area (Å²) < 4.78 is 0. The zero-order chi connectivity index (χ0) is 14.8. The van der Waals surface area contributed by atoms with Crippen molar-refractivity contribution in [2.45, 2.75) is 25.3 Å². The zero-order valence-electron chi connectivity index (χ0n) is 11.3. The number of nitrogens with one attached hydrogen (secondary N) is 1.